The van der Waals surface area contributed by atoms with Gasteiger partial charge < -0.3 is 9.64 Å². The number of amides is 1. The number of carbonyl (C=O) groups is 2. The highest BCUT2D eigenvalue weighted by molar-refractivity contribution is 5.92. The number of allylic oxidation sites excluding steroid dienone is 1. The topological polar surface area (TPSA) is 80.6 Å². The van der Waals surface area contributed by atoms with Crippen LogP contribution in [-0.4, -0.2) is 46.6 Å². The summed E-state index contributed by atoms with van der Waals surface area (Å²) in [4.78, 5) is 25.5. The Morgan fingerprint density at radius 1 is 1.31 bits per heavy atom. The van der Waals surface area contributed by atoms with Crippen LogP contribution in [0.1, 0.15) is 13.3 Å². The Hall–Kier alpha value is -3.37. The highest BCUT2D eigenvalue weighted by Gasteiger charge is 2.28. The first-order valence-corrected chi connectivity index (χ1v) is 8.86. The van der Waals surface area contributed by atoms with Gasteiger partial charge in [0, 0.05) is 38.0 Å². The molecule has 2 aromatic rings. The van der Waals surface area contributed by atoms with E-state index < -0.39 is 34.9 Å². The molecule has 0 unspecified atom stereocenters. The number of hydrogen-bond acceptors (Lipinski definition) is 6. The van der Waals surface area contributed by atoms with Crippen LogP contribution in [0.25, 0.3) is 0 Å². The minimum absolute atomic E-state index is 0.0176. The van der Waals surface area contributed by atoms with Gasteiger partial charge in [-0.1, -0.05) is 5.21 Å². The number of rotatable bonds is 6. The molecule has 1 aliphatic heterocycles. The van der Waals surface area contributed by atoms with Crippen molar-refractivity contribution in [1.29, 1.82) is 0 Å². The van der Waals surface area contributed by atoms with E-state index in [1.807, 2.05) is 0 Å². The van der Waals surface area contributed by atoms with Crippen LogP contribution in [0.15, 0.2) is 30.7 Å². The van der Waals surface area contributed by atoms with E-state index in [1.54, 1.807) is 6.20 Å². The monoisotopic (exact) mass is 409 g/mol. The second-order valence-electron chi connectivity index (χ2n) is 6.10. The molecule has 1 aromatic carbocycles. The van der Waals surface area contributed by atoms with Crippen LogP contribution < -0.4 is 9.80 Å². The van der Waals surface area contributed by atoms with Gasteiger partial charge >= 0.3 is 6.09 Å². The Morgan fingerprint density at radius 3 is 2.72 bits per heavy atom. The molecular weight excluding hydrogens is 391 g/mol. The third-order valence-corrected chi connectivity index (χ3v) is 4.29. The molecule has 0 fully saturated rings. The zero-order chi connectivity index (χ0) is 21.0. The van der Waals surface area contributed by atoms with E-state index in [-0.39, 0.29) is 38.4 Å². The molecule has 0 saturated heterocycles. The molecule has 0 aliphatic carbocycles. The summed E-state index contributed by atoms with van der Waals surface area (Å²) in [5.74, 6) is -4.09. The Labute approximate surface area is 164 Å². The summed E-state index contributed by atoms with van der Waals surface area (Å²) in [6.07, 6.45) is 4.48. The van der Waals surface area contributed by atoms with Crippen molar-refractivity contribution in [2.75, 3.05) is 29.5 Å². The summed E-state index contributed by atoms with van der Waals surface area (Å²) in [6, 6.07) is 0.736. The molecule has 0 radical (unpaired) electrons. The normalized spacial score (nSPS) is 13.7. The number of hydrogen-bond donors (Lipinski definition) is 0. The molecule has 11 heteroatoms. The van der Waals surface area contributed by atoms with Crippen molar-refractivity contribution in [3.63, 3.8) is 0 Å². The fraction of sp³-hybridized carbons (Fsp3) is 0.333. The van der Waals surface area contributed by atoms with Crippen LogP contribution in [0.4, 0.5) is 29.3 Å². The Bertz CT molecular complexity index is 933. The van der Waals surface area contributed by atoms with Crippen LogP contribution in [-0.2, 0) is 16.1 Å². The quantitative estimate of drug-likeness (QED) is 0.683. The summed E-state index contributed by atoms with van der Waals surface area (Å²) < 4.78 is 50.4. The van der Waals surface area contributed by atoms with Gasteiger partial charge in [-0.2, -0.15) is 0 Å². The van der Waals surface area contributed by atoms with E-state index >= 15 is 0 Å². The summed E-state index contributed by atoms with van der Waals surface area (Å²) in [5, 5.41) is 7.31. The Morgan fingerprint density at radius 2 is 2.10 bits per heavy atom. The molecule has 0 bridgehead atoms. The molecule has 2 heterocycles. The van der Waals surface area contributed by atoms with Crippen LogP contribution >= 0.6 is 0 Å². The first kappa shape index (κ1) is 20.4. The van der Waals surface area contributed by atoms with E-state index in [0.29, 0.717) is 0 Å². The van der Waals surface area contributed by atoms with Crippen LogP contribution in [0.3, 0.4) is 0 Å². The lowest BCUT2D eigenvalue weighted by Crippen LogP contribution is -2.34. The maximum atomic E-state index is 14.7. The third kappa shape index (κ3) is 4.39. The summed E-state index contributed by atoms with van der Waals surface area (Å²) >= 11 is 0. The second kappa shape index (κ2) is 8.76. The minimum Gasteiger partial charge on any atom is -0.447 e. The molecule has 29 heavy (non-hydrogen) atoms. The van der Waals surface area contributed by atoms with Crippen molar-refractivity contribution < 1.29 is 27.5 Å². The molecule has 0 atom stereocenters. The predicted octanol–water partition coefficient (Wildman–Crippen LogP) is 2.65. The molecule has 1 aliphatic rings. The third-order valence-electron chi connectivity index (χ3n) is 4.29. The van der Waals surface area contributed by atoms with Crippen LogP contribution in [0.2, 0.25) is 0 Å². The van der Waals surface area contributed by atoms with Gasteiger partial charge in [-0.05, 0) is 13.0 Å². The van der Waals surface area contributed by atoms with E-state index in [2.05, 4.69) is 10.3 Å². The summed E-state index contributed by atoms with van der Waals surface area (Å²) in [6.45, 7) is 1.59. The first-order valence-electron chi connectivity index (χ1n) is 8.86. The zero-order valence-electron chi connectivity index (χ0n) is 15.5. The lowest BCUT2D eigenvalue weighted by atomic mass is 10.1. The zero-order valence-corrected chi connectivity index (χ0v) is 15.5. The number of aromatic nitrogens is 3. The second-order valence-corrected chi connectivity index (χ2v) is 6.10. The van der Waals surface area contributed by atoms with Crippen LogP contribution in [0.5, 0.6) is 0 Å². The number of nitrogens with zero attached hydrogens (tertiary/aromatic N) is 5. The van der Waals surface area contributed by atoms with Crippen LogP contribution in [0, 0.1) is 17.5 Å². The van der Waals surface area contributed by atoms with Gasteiger partial charge in [-0.25, -0.2) is 22.6 Å². The molecule has 1 aromatic heterocycles. The van der Waals surface area contributed by atoms with Crippen molar-refractivity contribution in [3.05, 3.63) is 48.2 Å². The van der Waals surface area contributed by atoms with Gasteiger partial charge in [0.1, 0.15) is 12.3 Å². The van der Waals surface area contributed by atoms with E-state index in [0.717, 1.165) is 15.9 Å². The fourth-order valence-electron chi connectivity index (χ4n) is 2.83. The van der Waals surface area contributed by atoms with Crippen molar-refractivity contribution in [3.8, 4) is 0 Å². The molecule has 0 saturated carbocycles. The van der Waals surface area contributed by atoms with Crippen molar-refractivity contribution in [1.82, 2.24) is 15.0 Å². The maximum Gasteiger partial charge on any atom is 0.414 e. The van der Waals surface area contributed by atoms with Gasteiger partial charge in [0.05, 0.1) is 18.4 Å². The fourth-order valence-corrected chi connectivity index (χ4v) is 2.83. The Kier molecular flexibility index (Phi) is 6.15. The van der Waals surface area contributed by atoms with E-state index in [9.17, 15) is 22.8 Å². The van der Waals surface area contributed by atoms with Crippen molar-refractivity contribution in [2.24, 2.45) is 0 Å². The lowest BCUT2D eigenvalue weighted by Gasteiger charge is -2.26. The first-order chi connectivity index (χ1) is 13.9. The average molecular weight is 409 g/mol. The highest BCUT2D eigenvalue weighted by atomic mass is 19.2. The molecular formula is C18H18F3N5O3. The lowest BCUT2D eigenvalue weighted by molar-refractivity contribution is -0.114. The molecule has 0 N–H and O–H groups in total. The molecule has 0 spiro atoms. The van der Waals surface area contributed by atoms with E-state index in [4.69, 9.17) is 4.74 Å². The number of ketones is 1. The number of halogens is 3. The molecule has 154 valence electrons. The highest BCUT2D eigenvalue weighted by Crippen LogP contribution is 2.33. The average Bonchev–Trinajstić information content (AvgIpc) is 3.21. The van der Waals surface area contributed by atoms with Gasteiger partial charge in [0.2, 0.25) is 0 Å². The van der Waals surface area contributed by atoms with Gasteiger partial charge in [0.15, 0.2) is 23.2 Å². The maximum absolute atomic E-state index is 14.7. The van der Waals surface area contributed by atoms with Gasteiger partial charge in [-0.3, -0.25) is 9.69 Å². The molecule has 3 rings (SSSR count). The minimum atomic E-state index is -1.45. The summed E-state index contributed by atoms with van der Waals surface area (Å²) in [7, 11) is 0. The number of carbonyl (C=O) groups excluding carboxylic acids is 2. The standard InChI is InChI=1S/C18H18F3N5O3/c1-2-26(18(28)29-10-9-25-8-5-22-23-25)14-11-13(19)17(16(21)15(14)20)24-6-3-12(27)4-7-24/h3,5-6,8,11H,2,4,7,9-10H2,1H3. The molecule has 8 nitrogen and oxygen atoms in total. The largest absolute Gasteiger partial charge is 0.447 e. The Balaban J connectivity index is 1.79. The van der Waals surface area contributed by atoms with Crippen molar-refractivity contribution >= 4 is 23.3 Å². The summed E-state index contributed by atoms with van der Waals surface area (Å²) in [5.41, 5.74) is -1.19. The smallest absolute Gasteiger partial charge is 0.414 e. The number of ether oxygens (including phenoxy) is 1. The number of benzene rings is 1. The SMILES string of the molecule is CCN(C(=O)OCCn1ccnn1)c1cc(F)c(N2C=CC(=O)CC2)c(F)c1F. The van der Waals surface area contributed by atoms with Gasteiger partial charge in [-0.15, -0.1) is 5.10 Å². The van der Waals surface area contributed by atoms with Crippen molar-refractivity contribution in [2.45, 2.75) is 19.9 Å². The predicted molar refractivity (Wildman–Crippen MR) is 96.8 cm³/mol. The number of anilines is 2. The van der Waals surface area contributed by atoms with Gasteiger partial charge in [0.25, 0.3) is 0 Å². The van der Waals surface area contributed by atoms with E-state index in [1.165, 1.54) is 30.1 Å². The molecule has 1 amide bonds.